The Morgan fingerprint density at radius 3 is 2.53 bits per heavy atom. The van der Waals surface area contributed by atoms with Crippen LogP contribution in [0.3, 0.4) is 0 Å². The van der Waals surface area contributed by atoms with Crippen molar-refractivity contribution >= 4 is 27.7 Å². The Labute approximate surface area is 176 Å². The minimum Gasteiger partial charge on any atom is -0.357 e. The maximum atomic E-state index is 13.1. The third-order valence-corrected chi connectivity index (χ3v) is 6.16. The fraction of sp³-hybridized carbons (Fsp3) is 0.320. The zero-order chi connectivity index (χ0) is 20.7. The van der Waals surface area contributed by atoms with Crippen molar-refractivity contribution in [3.63, 3.8) is 0 Å². The largest absolute Gasteiger partial charge is 0.357 e. The van der Waals surface area contributed by atoms with Crippen LogP contribution in [0.5, 0.6) is 0 Å². The molecule has 0 aliphatic carbocycles. The number of para-hydroxylation sites is 1. The third kappa shape index (κ3) is 3.50. The van der Waals surface area contributed by atoms with Crippen molar-refractivity contribution in [2.75, 3.05) is 26.2 Å². The quantitative estimate of drug-likeness (QED) is 0.541. The summed E-state index contributed by atoms with van der Waals surface area (Å²) in [6.45, 7) is 8.57. The monoisotopic (exact) mass is 400 g/mol. The molecule has 0 unspecified atom stereocenters. The minimum absolute atomic E-state index is 0.138. The molecule has 1 N–H and O–H groups in total. The van der Waals surface area contributed by atoms with Crippen LogP contribution >= 0.6 is 0 Å². The molecule has 0 saturated carbocycles. The van der Waals surface area contributed by atoms with Crippen LogP contribution in [0.25, 0.3) is 21.8 Å². The predicted molar refractivity (Wildman–Crippen MR) is 122 cm³/mol. The van der Waals surface area contributed by atoms with E-state index < -0.39 is 0 Å². The van der Waals surface area contributed by atoms with Gasteiger partial charge in [0, 0.05) is 72.6 Å². The summed E-state index contributed by atoms with van der Waals surface area (Å²) in [5.74, 6) is 0.138. The standard InChI is InChI=1S/C25H28N4O/c1-18(2)29-10-9-20-15-21(7-8-24(20)29)25(30)28-13-11-27(12-14-28)17-22-16-19-5-3-4-6-23(19)26-22/h3-10,15-16,18,26H,11-14,17H2,1-2H3. The van der Waals surface area contributed by atoms with Crippen LogP contribution in [0.15, 0.2) is 60.8 Å². The number of H-pyrrole nitrogens is 1. The maximum Gasteiger partial charge on any atom is 0.253 e. The van der Waals surface area contributed by atoms with Gasteiger partial charge in [0.2, 0.25) is 0 Å². The Morgan fingerprint density at radius 2 is 1.77 bits per heavy atom. The fourth-order valence-corrected chi connectivity index (χ4v) is 4.50. The first-order valence-corrected chi connectivity index (χ1v) is 10.8. The van der Waals surface area contributed by atoms with E-state index in [0.29, 0.717) is 6.04 Å². The first-order chi connectivity index (χ1) is 14.6. The molecule has 1 aliphatic rings. The number of aromatic nitrogens is 2. The number of aromatic amines is 1. The molecule has 0 atom stereocenters. The molecule has 1 amide bonds. The van der Waals surface area contributed by atoms with E-state index >= 15 is 0 Å². The number of hydrogen-bond donors (Lipinski definition) is 1. The van der Waals surface area contributed by atoms with Gasteiger partial charge >= 0.3 is 0 Å². The second-order valence-corrected chi connectivity index (χ2v) is 8.54. The van der Waals surface area contributed by atoms with E-state index in [4.69, 9.17) is 0 Å². The number of hydrogen-bond acceptors (Lipinski definition) is 2. The summed E-state index contributed by atoms with van der Waals surface area (Å²) in [4.78, 5) is 21.0. The van der Waals surface area contributed by atoms with Crippen LogP contribution in [0.4, 0.5) is 0 Å². The number of nitrogens with zero attached hydrogens (tertiary/aromatic N) is 3. The van der Waals surface area contributed by atoms with Gasteiger partial charge in [-0.25, -0.2) is 0 Å². The Balaban J connectivity index is 1.23. The lowest BCUT2D eigenvalue weighted by molar-refractivity contribution is 0.0627. The van der Waals surface area contributed by atoms with Gasteiger partial charge in [-0.15, -0.1) is 0 Å². The van der Waals surface area contributed by atoms with Gasteiger partial charge in [-0.2, -0.15) is 0 Å². The molecule has 5 heteroatoms. The summed E-state index contributed by atoms with van der Waals surface area (Å²) < 4.78 is 2.24. The minimum atomic E-state index is 0.138. The highest BCUT2D eigenvalue weighted by Gasteiger charge is 2.23. The molecule has 2 aromatic heterocycles. The molecule has 1 saturated heterocycles. The highest BCUT2D eigenvalue weighted by atomic mass is 16.2. The van der Waals surface area contributed by atoms with Crippen LogP contribution in [-0.2, 0) is 6.54 Å². The van der Waals surface area contributed by atoms with Crippen molar-refractivity contribution in [2.24, 2.45) is 0 Å². The zero-order valence-electron chi connectivity index (χ0n) is 17.6. The molecule has 154 valence electrons. The number of carbonyl (C=O) groups is 1. The summed E-state index contributed by atoms with van der Waals surface area (Å²) in [7, 11) is 0. The molecule has 30 heavy (non-hydrogen) atoms. The Kier molecular flexibility index (Phi) is 4.83. The number of rotatable bonds is 4. The summed E-state index contributed by atoms with van der Waals surface area (Å²) in [5, 5.41) is 2.38. The zero-order valence-corrected chi connectivity index (χ0v) is 17.6. The Hall–Kier alpha value is -3.05. The predicted octanol–water partition coefficient (Wildman–Crippen LogP) is 4.66. The molecule has 2 aromatic carbocycles. The topological polar surface area (TPSA) is 44.3 Å². The van der Waals surface area contributed by atoms with Gasteiger partial charge in [0.25, 0.3) is 5.91 Å². The van der Waals surface area contributed by atoms with Gasteiger partial charge in [0.1, 0.15) is 0 Å². The van der Waals surface area contributed by atoms with Crippen LogP contribution in [0.1, 0.15) is 35.9 Å². The van der Waals surface area contributed by atoms with Gasteiger partial charge < -0.3 is 14.5 Å². The average Bonchev–Trinajstić information content (AvgIpc) is 3.36. The first-order valence-electron chi connectivity index (χ1n) is 10.8. The van der Waals surface area contributed by atoms with Crippen LogP contribution < -0.4 is 0 Å². The number of benzene rings is 2. The van der Waals surface area contributed by atoms with Crippen molar-refractivity contribution in [3.05, 3.63) is 72.1 Å². The summed E-state index contributed by atoms with van der Waals surface area (Å²) in [5.41, 5.74) is 4.39. The van der Waals surface area contributed by atoms with Gasteiger partial charge in [-0.1, -0.05) is 18.2 Å². The second kappa shape index (κ2) is 7.65. The molecular formula is C25H28N4O. The van der Waals surface area contributed by atoms with Crippen molar-refractivity contribution in [1.29, 1.82) is 0 Å². The molecule has 0 spiro atoms. The second-order valence-electron chi connectivity index (χ2n) is 8.54. The van der Waals surface area contributed by atoms with E-state index in [1.807, 2.05) is 17.0 Å². The summed E-state index contributed by atoms with van der Waals surface area (Å²) in [6.07, 6.45) is 2.10. The van der Waals surface area contributed by atoms with Gasteiger partial charge in [0.15, 0.2) is 0 Å². The van der Waals surface area contributed by atoms with Gasteiger partial charge in [-0.3, -0.25) is 9.69 Å². The van der Waals surface area contributed by atoms with Crippen molar-refractivity contribution in [1.82, 2.24) is 19.4 Å². The van der Waals surface area contributed by atoms with Crippen LogP contribution in [0.2, 0.25) is 0 Å². The normalized spacial score (nSPS) is 15.5. The van der Waals surface area contributed by atoms with Crippen LogP contribution in [0, 0.1) is 0 Å². The first kappa shape index (κ1) is 18.9. The van der Waals surface area contributed by atoms with Crippen molar-refractivity contribution in [2.45, 2.75) is 26.4 Å². The number of nitrogens with one attached hydrogen (secondary N) is 1. The van der Waals surface area contributed by atoms with E-state index in [0.717, 1.165) is 43.7 Å². The lowest BCUT2D eigenvalue weighted by atomic mass is 10.1. The smallest absolute Gasteiger partial charge is 0.253 e. The lowest BCUT2D eigenvalue weighted by Crippen LogP contribution is -2.48. The van der Waals surface area contributed by atoms with E-state index in [2.05, 4.69) is 77.0 Å². The molecule has 3 heterocycles. The number of carbonyl (C=O) groups excluding carboxylic acids is 1. The lowest BCUT2D eigenvalue weighted by Gasteiger charge is -2.34. The SMILES string of the molecule is CC(C)n1ccc2cc(C(=O)N3CCN(Cc4cc5ccccc5[nH]4)CC3)ccc21. The number of fused-ring (bicyclic) bond motifs is 2. The number of amides is 1. The van der Waals surface area contributed by atoms with E-state index in [9.17, 15) is 4.79 Å². The molecule has 5 rings (SSSR count). The Bertz CT molecular complexity index is 1160. The summed E-state index contributed by atoms with van der Waals surface area (Å²) in [6, 6.07) is 19.2. The van der Waals surface area contributed by atoms with E-state index in [1.54, 1.807) is 0 Å². The molecule has 5 nitrogen and oxygen atoms in total. The average molecular weight is 401 g/mol. The van der Waals surface area contributed by atoms with E-state index in [-0.39, 0.29) is 5.91 Å². The van der Waals surface area contributed by atoms with Gasteiger partial charge in [-0.05, 0) is 55.6 Å². The molecule has 1 aliphatic heterocycles. The molecular weight excluding hydrogens is 372 g/mol. The highest BCUT2D eigenvalue weighted by molar-refractivity contribution is 5.98. The molecule has 0 bridgehead atoms. The molecule has 4 aromatic rings. The summed E-state index contributed by atoms with van der Waals surface area (Å²) >= 11 is 0. The maximum absolute atomic E-state index is 13.1. The number of piperazine rings is 1. The Morgan fingerprint density at radius 1 is 0.967 bits per heavy atom. The third-order valence-electron chi connectivity index (χ3n) is 6.16. The van der Waals surface area contributed by atoms with Gasteiger partial charge in [0.05, 0.1) is 0 Å². The van der Waals surface area contributed by atoms with Crippen LogP contribution in [-0.4, -0.2) is 51.4 Å². The van der Waals surface area contributed by atoms with E-state index in [1.165, 1.54) is 22.1 Å². The van der Waals surface area contributed by atoms with Crippen molar-refractivity contribution < 1.29 is 4.79 Å². The molecule has 0 radical (unpaired) electrons. The molecule has 1 fully saturated rings. The van der Waals surface area contributed by atoms with Crippen molar-refractivity contribution in [3.8, 4) is 0 Å². The fourth-order valence-electron chi connectivity index (χ4n) is 4.50. The highest BCUT2D eigenvalue weighted by Crippen LogP contribution is 2.23.